The maximum absolute atomic E-state index is 11.4. The van der Waals surface area contributed by atoms with Crippen molar-refractivity contribution in [3.05, 3.63) is 0 Å². The zero-order chi connectivity index (χ0) is 15.0. The van der Waals surface area contributed by atoms with E-state index in [1.807, 2.05) is 5.32 Å². The quantitative estimate of drug-likeness (QED) is 0.428. The number of carboxylic acids is 1. The molecule has 1 atom stereocenters. The molecule has 0 saturated heterocycles. The van der Waals surface area contributed by atoms with E-state index < -0.39 is 30.4 Å². The summed E-state index contributed by atoms with van der Waals surface area (Å²) >= 11 is 0. The van der Waals surface area contributed by atoms with E-state index in [1.54, 1.807) is 14.0 Å². The molecule has 0 rings (SSSR count). The standard InChI is InChI=1S/C10H18N4O5/c1-3-14(2)8(16)5-12-10(19)13-6(9(17)18)4-7(11)15/h6H,3-5H2,1-2H3,(H2,11,15)(H,17,18)(H2,12,13,19). The van der Waals surface area contributed by atoms with Crippen molar-refractivity contribution >= 4 is 23.8 Å². The Bertz CT molecular complexity index is 371. The van der Waals surface area contributed by atoms with Crippen molar-refractivity contribution < 1.29 is 24.3 Å². The van der Waals surface area contributed by atoms with Gasteiger partial charge in [0.25, 0.3) is 0 Å². The zero-order valence-corrected chi connectivity index (χ0v) is 10.8. The number of aliphatic carboxylic acids is 1. The van der Waals surface area contributed by atoms with E-state index >= 15 is 0 Å². The number of amides is 4. The van der Waals surface area contributed by atoms with Crippen molar-refractivity contribution in [2.75, 3.05) is 20.1 Å². The molecule has 9 nitrogen and oxygen atoms in total. The number of urea groups is 1. The minimum absolute atomic E-state index is 0.265. The molecule has 0 aromatic heterocycles. The van der Waals surface area contributed by atoms with Gasteiger partial charge in [0.2, 0.25) is 11.8 Å². The number of nitrogens with one attached hydrogen (secondary N) is 2. The van der Waals surface area contributed by atoms with Gasteiger partial charge in [-0.2, -0.15) is 0 Å². The van der Waals surface area contributed by atoms with Crippen LogP contribution in [0.4, 0.5) is 4.79 Å². The Morgan fingerprint density at radius 1 is 1.32 bits per heavy atom. The van der Waals surface area contributed by atoms with Crippen LogP contribution in [0.3, 0.4) is 0 Å². The number of rotatable bonds is 7. The molecule has 19 heavy (non-hydrogen) atoms. The molecule has 0 spiro atoms. The molecule has 0 aromatic rings. The van der Waals surface area contributed by atoms with E-state index in [0.717, 1.165) is 0 Å². The van der Waals surface area contributed by atoms with Crippen molar-refractivity contribution in [3.63, 3.8) is 0 Å². The van der Waals surface area contributed by atoms with Crippen LogP contribution in [0.1, 0.15) is 13.3 Å². The topological polar surface area (TPSA) is 142 Å². The van der Waals surface area contributed by atoms with Crippen molar-refractivity contribution in [3.8, 4) is 0 Å². The van der Waals surface area contributed by atoms with Gasteiger partial charge in [0.05, 0.1) is 13.0 Å². The van der Waals surface area contributed by atoms with Gasteiger partial charge in [-0.15, -0.1) is 0 Å². The van der Waals surface area contributed by atoms with Gasteiger partial charge in [-0.25, -0.2) is 9.59 Å². The van der Waals surface area contributed by atoms with Crippen molar-refractivity contribution in [1.82, 2.24) is 15.5 Å². The van der Waals surface area contributed by atoms with Gasteiger partial charge < -0.3 is 26.4 Å². The number of nitrogens with two attached hydrogens (primary N) is 1. The van der Waals surface area contributed by atoms with Crippen LogP contribution in [0.5, 0.6) is 0 Å². The van der Waals surface area contributed by atoms with Crippen LogP contribution >= 0.6 is 0 Å². The van der Waals surface area contributed by atoms with Crippen LogP contribution in [0, 0.1) is 0 Å². The fraction of sp³-hybridized carbons (Fsp3) is 0.600. The van der Waals surface area contributed by atoms with E-state index in [2.05, 4.69) is 5.32 Å². The van der Waals surface area contributed by atoms with Gasteiger partial charge in [0, 0.05) is 13.6 Å². The minimum atomic E-state index is -1.42. The number of likely N-dealkylation sites (N-methyl/N-ethyl adjacent to an activating group) is 1. The van der Waals surface area contributed by atoms with E-state index in [0.29, 0.717) is 6.54 Å². The van der Waals surface area contributed by atoms with Crippen molar-refractivity contribution in [2.45, 2.75) is 19.4 Å². The Kier molecular flexibility index (Phi) is 6.94. The van der Waals surface area contributed by atoms with E-state index in [9.17, 15) is 19.2 Å². The molecule has 0 fully saturated rings. The third-order valence-corrected chi connectivity index (χ3v) is 2.31. The molecule has 4 amide bonds. The fourth-order valence-corrected chi connectivity index (χ4v) is 1.08. The van der Waals surface area contributed by atoms with Crippen molar-refractivity contribution in [2.24, 2.45) is 5.73 Å². The van der Waals surface area contributed by atoms with Gasteiger partial charge in [0.15, 0.2) is 0 Å². The van der Waals surface area contributed by atoms with Gasteiger partial charge in [0.1, 0.15) is 6.04 Å². The van der Waals surface area contributed by atoms with Gasteiger partial charge in [-0.3, -0.25) is 9.59 Å². The molecule has 0 aliphatic rings. The molecule has 0 aromatic carbocycles. The number of hydrogen-bond donors (Lipinski definition) is 4. The molecule has 0 heterocycles. The monoisotopic (exact) mass is 274 g/mol. The second-order valence-electron chi connectivity index (χ2n) is 3.80. The van der Waals surface area contributed by atoms with E-state index in [4.69, 9.17) is 10.8 Å². The van der Waals surface area contributed by atoms with Crippen LogP contribution in [0.25, 0.3) is 0 Å². The van der Waals surface area contributed by atoms with Gasteiger partial charge >= 0.3 is 12.0 Å². The van der Waals surface area contributed by atoms with E-state index in [-0.39, 0.29) is 12.5 Å². The predicted octanol–water partition coefficient (Wildman–Crippen LogP) is -1.91. The first-order valence-electron chi connectivity index (χ1n) is 5.57. The summed E-state index contributed by atoms with van der Waals surface area (Å²) in [5, 5.41) is 13.0. The summed E-state index contributed by atoms with van der Waals surface area (Å²) in [4.78, 5) is 45.5. The van der Waals surface area contributed by atoms with Crippen LogP contribution in [-0.2, 0) is 14.4 Å². The minimum Gasteiger partial charge on any atom is -0.480 e. The summed E-state index contributed by atoms with van der Waals surface area (Å²) in [6.07, 6.45) is -0.522. The first kappa shape index (κ1) is 16.7. The summed E-state index contributed by atoms with van der Waals surface area (Å²) in [5.41, 5.74) is 4.85. The molecule has 0 radical (unpaired) electrons. The highest BCUT2D eigenvalue weighted by Crippen LogP contribution is 1.91. The highest BCUT2D eigenvalue weighted by molar-refractivity contribution is 5.89. The third kappa shape index (κ3) is 6.86. The molecule has 0 aliphatic carbocycles. The number of hydrogen-bond acceptors (Lipinski definition) is 4. The predicted molar refractivity (Wildman–Crippen MR) is 65.1 cm³/mol. The maximum Gasteiger partial charge on any atom is 0.326 e. The number of carbonyl (C=O) groups is 4. The number of carboxylic acid groups (broad SMARTS) is 1. The van der Waals surface area contributed by atoms with E-state index in [1.165, 1.54) is 4.90 Å². The molecular formula is C10H18N4O5. The molecule has 5 N–H and O–H groups in total. The zero-order valence-electron chi connectivity index (χ0n) is 10.8. The second kappa shape index (κ2) is 7.90. The largest absolute Gasteiger partial charge is 0.480 e. The van der Waals surface area contributed by atoms with Crippen LogP contribution < -0.4 is 16.4 Å². The highest BCUT2D eigenvalue weighted by Gasteiger charge is 2.22. The first-order valence-corrected chi connectivity index (χ1v) is 5.57. The lowest BCUT2D eigenvalue weighted by atomic mass is 10.2. The SMILES string of the molecule is CCN(C)C(=O)CNC(=O)NC(CC(N)=O)C(=O)O. The Labute approximate surface area is 110 Å². The van der Waals surface area contributed by atoms with Crippen LogP contribution in [0.2, 0.25) is 0 Å². The summed E-state index contributed by atoms with van der Waals surface area (Å²) in [7, 11) is 1.56. The maximum atomic E-state index is 11.4. The molecule has 0 saturated carbocycles. The number of nitrogens with zero attached hydrogens (tertiary/aromatic N) is 1. The summed E-state index contributed by atoms with van der Waals surface area (Å²) in [6.45, 7) is 1.99. The summed E-state index contributed by atoms with van der Waals surface area (Å²) in [5.74, 6) is -2.56. The number of carbonyl (C=O) groups excluding carboxylic acids is 3. The molecule has 9 heteroatoms. The lowest BCUT2D eigenvalue weighted by Gasteiger charge is -2.16. The van der Waals surface area contributed by atoms with Crippen LogP contribution in [0.15, 0.2) is 0 Å². The highest BCUT2D eigenvalue weighted by atomic mass is 16.4. The number of primary amides is 1. The van der Waals surface area contributed by atoms with Gasteiger partial charge in [-0.1, -0.05) is 0 Å². The lowest BCUT2D eigenvalue weighted by molar-refractivity contribution is -0.140. The molecular weight excluding hydrogens is 256 g/mol. The Balaban J connectivity index is 4.24. The molecule has 1 unspecified atom stereocenters. The Hall–Kier alpha value is -2.32. The molecule has 108 valence electrons. The average molecular weight is 274 g/mol. The smallest absolute Gasteiger partial charge is 0.326 e. The fourth-order valence-electron chi connectivity index (χ4n) is 1.08. The lowest BCUT2D eigenvalue weighted by Crippen LogP contribution is -2.49. The summed E-state index contributed by atoms with van der Waals surface area (Å²) in [6, 6.07) is -2.27. The van der Waals surface area contributed by atoms with Crippen LogP contribution in [-0.4, -0.2) is 60.0 Å². The normalized spacial score (nSPS) is 11.3. The Morgan fingerprint density at radius 2 is 1.89 bits per heavy atom. The molecule has 0 bridgehead atoms. The molecule has 0 aliphatic heterocycles. The van der Waals surface area contributed by atoms with Crippen molar-refractivity contribution in [1.29, 1.82) is 0 Å². The third-order valence-electron chi connectivity index (χ3n) is 2.31. The average Bonchev–Trinajstić information content (AvgIpc) is 2.33. The summed E-state index contributed by atoms with van der Waals surface area (Å²) < 4.78 is 0. The first-order chi connectivity index (χ1) is 8.77. The van der Waals surface area contributed by atoms with Gasteiger partial charge in [-0.05, 0) is 6.92 Å². The Morgan fingerprint density at radius 3 is 2.32 bits per heavy atom. The second-order valence-corrected chi connectivity index (χ2v) is 3.80.